The van der Waals surface area contributed by atoms with Crippen LogP contribution in [0.5, 0.6) is 0 Å². The van der Waals surface area contributed by atoms with Gasteiger partial charge in [0, 0.05) is 19.8 Å². The van der Waals surface area contributed by atoms with Crippen LogP contribution in [0.4, 0.5) is 0 Å². The lowest BCUT2D eigenvalue weighted by Gasteiger charge is -2.29. The Kier molecular flexibility index (Phi) is 10.6. The fourth-order valence-electron chi connectivity index (χ4n) is 2.12. The molecule has 0 aliphatic carbocycles. The van der Waals surface area contributed by atoms with E-state index in [2.05, 4.69) is 0 Å². The molecule has 1 aromatic carbocycles. The molecule has 0 saturated heterocycles. The van der Waals surface area contributed by atoms with Crippen molar-refractivity contribution in [3.63, 3.8) is 0 Å². The van der Waals surface area contributed by atoms with Gasteiger partial charge in [-0.15, -0.1) is 0 Å². The van der Waals surface area contributed by atoms with Crippen molar-refractivity contribution in [2.45, 2.75) is 53.4 Å². The van der Waals surface area contributed by atoms with Crippen molar-refractivity contribution in [1.29, 1.82) is 0 Å². The number of benzene rings is 1. The van der Waals surface area contributed by atoms with Crippen LogP contribution in [0, 0.1) is 6.92 Å². The molecule has 0 amide bonds. The molecule has 5 nitrogen and oxygen atoms in total. The average molecular weight is 369 g/mol. The zero-order chi connectivity index (χ0) is 18.5. The molecular weight excluding hydrogens is 336 g/mol. The topological polar surface area (TPSA) is 54.0 Å². The second kappa shape index (κ2) is 12.2. The lowest BCUT2D eigenvalue weighted by atomic mass is 10.1. The van der Waals surface area contributed by atoms with Crippen LogP contribution in [0.15, 0.2) is 24.3 Å². The maximum atomic E-state index is 12.2. The molecule has 25 heavy (non-hydrogen) atoms. The van der Waals surface area contributed by atoms with Crippen molar-refractivity contribution in [1.82, 2.24) is 0 Å². The van der Waals surface area contributed by atoms with E-state index in [0.29, 0.717) is 19.8 Å². The molecule has 0 aliphatic heterocycles. The summed E-state index contributed by atoms with van der Waals surface area (Å²) in [6, 6.07) is 7.85. The highest BCUT2D eigenvalue weighted by Gasteiger charge is 2.43. The van der Waals surface area contributed by atoms with Gasteiger partial charge >= 0.3 is 14.8 Å². The molecule has 0 aliphatic rings. The third kappa shape index (κ3) is 8.63. The summed E-state index contributed by atoms with van der Waals surface area (Å²) in [7, 11) is -2.99. The van der Waals surface area contributed by atoms with E-state index in [1.165, 1.54) is 0 Å². The molecule has 0 spiro atoms. The quantitative estimate of drug-likeness (QED) is 0.391. The van der Waals surface area contributed by atoms with Gasteiger partial charge in [0.05, 0.1) is 6.42 Å². The van der Waals surface area contributed by atoms with E-state index in [9.17, 15) is 4.79 Å². The highest BCUT2D eigenvalue weighted by molar-refractivity contribution is 6.60. The van der Waals surface area contributed by atoms with Crippen molar-refractivity contribution in [2.75, 3.05) is 26.1 Å². The van der Waals surface area contributed by atoms with Crippen LogP contribution in [0.3, 0.4) is 0 Å². The molecule has 142 valence electrons. The van der Waals surface area contributed by atoms with Gasteiger partial charge in [-0.3, -0.25) is 4.79 Å². The number of esters is 1. The first-order valence-corrected chi connectivity index (χ1v) is 11.1. The number of hydrogen-bond acceptors (Lipinski definition) is 5. The second-order valence-corrected chi connectivity index (χ2v) is 8.57. The minimum Gasteiger partial charge on any atom is -0.461 e. The van der Waals surface area contributed by atoms with Crippen LogP contribution in [0.2, 0.25) is 0 Å². The van der Waals surface area contributed by atoms with E-state index in [-0.39, 0.29) is 18.6 Å². The van der Waals surface area contributed by atoms with E-state index in [4.69, 9.17) is 18.0 Å². The summed E-state index contributed by atoms with van der Waals surface area (Å²) >= 11 is 0. The molecule has 0 radical (unpaired) electrons. The molecule has 0 bridgehead atoms. The molecular formula is C19H32O5Si. The molecule has 0 unspecified atom stereocenters. The van der Waals surface area contributed by atoms with Gasteiger partial charge < -0.3 is 18.0 Å². The Hall–Kier alpha value is -1.21. The SMILES string of the molecule is CCCO[Si](COC(=O)Cc1ccc(C)cc1)(OCCC)OCCC. The summed E-state index contributed by atoms with van der Waals surface area (Å²) in [5, 5.41) is 0. The van der Waals surface area contributed by atoms with Crippen LogP contribution in [0.25, 0.3) is 0 Å². The van der Waals surface area contributed by atoms with Crippen LogP contribution in [0.1, 0.15) is 51.2 Å². The van der Waals surface area contributed by atoms with Crippen molar-refractivity contribution >= 4 is 14.8 Å². The third-order valence-corrected chi connectivity index (χ3v) is 5.89. The van der Waals surface area contributed by atoms with E-state index in [1.807, 2.05) is 52.0 Å². The van der Waals surface area contributed by atoms with E-state index in [0.717, 1.165) is 30.4 Å². The highest BCUT2D eigenvalue weighted by atomic mass is 28.4. The predicted molar refractivity (Wildman–Crippen MR) is 100 cm³/mol. The first kappa shape index (κ1) is 21.8. The fraction of sp³-hybridized carbons (Fsp3) is 0.632. The van der Waals surface area contributed by atoms with Gasteiger partial charge in [0.25, 0.3) is 0 Å². The Morgan fingerprint density at radius 3 is 1.80 bits per heavy atom. The van der Waals surface area contributed by atoms with Gasteiger partial charge in [-0.05, 0) is 31.7 Å². The zero-order valence-electron chi connectivity index (χ0n) is 16.0. The minimum atomic E-state index is -2.99. The second-order valence-electron chi connectivity index (χ2n) is 6.05. The summed E-state index contributed by atoms with van der Waals surface area (Å²) in [6.07, 6.45) is 2.88. The average Bonchev–Trinajstić information content (AvgIpc) is 2.62. The van der Waals surface area contributed by atoms with Gasteiger partial charge in [0.1, 0.15) is 0 Å². The van der Waals surface area contributed by atoms with Crippen LogP contribution in [-0.2, 0) is 29.2 Å². The summed E-state index contributed by atoms with van der Waals surface area (Å²) < 4.78 is 23.2. The lowest BCUT2D eigenvalue weighted by molar-refractivity contribution is -0.143. The lowest BCUT2D eigenvalue weighted by Crippen LogP contribution is -2.52. The molecule has 6 heteroatoms. The van der Waals surface area contributed by atoms with Gasteiger partial charge in [-0.25, -0.2) is 0 Å². The molecule has 0 fully saturated rings. The number of hydrogen-bond donors (Lipinski definition) is 0. The van der Waals surface area contributed by atoms with Gasteiger partial charge in [-0.1, -0.05) is 50.6 Å². The number of rotatable bonds is 13. The Morgan fingerprint density at radius 2 is 1.36 bits per heavy atom. The summed E-state index contributed by atoms with van der Waals surface area (Å²) in [4.78, 5) is 12.2. The molecule has 0 atom stereocenters. The fourth-order valence-corrected chi connectivity index (χ4v) is 4.50. The third-order valence-electron chi connectivity index (χ3n) is 3.46. The van der Waals surface area contributed by atoms with E-state index < -0.39 is 8.80 Å². The number of aryl methyl sites for hydroxylation is 1. The Bertz CT molecular complexity index is 467. The van der Waals surface area contributed by atoms with Crippen molar-refractivity contribution in [3.8, 4) is 0 Å². The van der Waals surface area contributed by atoms with Gasteiger partial charge in [0.15, 0.2) is 6.23 Å². The molecule has 1 rings (SSSR count). The summed E-state index contributed by atoms with van der Waals surface area (Å²) in [5.74, 6) is -0.291. The smallest absolute Gasteiger partial charge is 0.461 e. The number of ether oxygens (including phenoxy) is 1. The van der Waals surface area contributed by atoms with Crippen LogP contribution >= 0.6 is 0 Å². The van der Waals surface area contributed by atoms with Gasteiger partial charge in [0.2, 0.25) is 0 Å². The first-order valence-electron chi connectivity index (χ1n) is 9.18. The Balaban J connectivity index is 2.66. The molecule has 1 aromatic rings. The van der Waals surface area contributed by atoms with E-state index >= 15 is 0 Å². The molecule has 0 N–H and O–H groups in total. The molecule has 0 aromatic heterocycles. The Morgan fingerprint density at radius 1 is 0.880 bits per heavy atom. The normalized spacial score (nSPS) is 11.5. The van der Waals surface area contributed by atoms with Crippen molar-refractivity contribution in [2.24, 2.45) is 0 Å². The standard InChI is InChI=1S/C19H32O5Si/c1-5-12-22-25(23-13-6-2,24-14-7-3)16-21-19(20)15-18-10-8-17(4)9-11-18/h8-11H,5-7,12-16H2,1-4H3. The largest absolute Gasteiger partial charge is 0.540 e. The number of carbonyl (C=O) groups excluding carboxylic acids is 1. The summed E-state index contributed by atoms with van der Waals surface area (Å²) in [6.45, 7) is 9.72. The minimum absolute atomic E-state index is 0.0672. The highest BCUT2D eigenvalue weighted by Crippen LogP contribution is 2.14. The predicted octanol–water partition coefficient (Wildman–Crippen LogP) is 3.84. The molecule has 0 heterocycles. The van der Waals surface area contributed by atoms with Crippen LogP contribution < -0.4 is 0 Å². The van der Waals surface area contributed by atoms with Crippen molar-refractivity contribution in [3.05, 3.63) is 35.4 Å². The molecule has 0 saturated carbocycles. The zero-order valence-corrected chi connectivity index (χ0v) is 17.0. The first-order chi connectivity index (χ1) is 12.0. The number of carbonyl (C=O) groups is 1. The van der Waals surface area contributed by atoms with E-state index in [1.54, 1.807) is 0 Å². The van der Waals surface area contributed by atoms with Crippen LogP contribution in [-0.4, -0.2) is 40.8 Å². The van der Waals surface area contributed by atoms with Crippen molar-refractivity contribution < 1.29 is 22.8 Å². The Labute approximate surface area is 153 Å². The maximum absolute atomic E-state index is 12.2. The van der Waals surface area contributed by atoms with Gasteiger partial charge in [-0.2, -0.15) is 0 Å². The summed E-state index contributed by atoms with van der Waals surface area (Å²) in [5.41, 5.74) is 2.10. The maximum Gasteiger partial charge on any atom is 0.540 e. The monoisotopic (exact) mass is 368 g/mol.